The molecule has 0 saturated heterocycles. The summed E-state index contributed by atoms with van der Waals surface area (Å²) in [7, 11) is -1.26. The normalized spacial score (nSPS) is 11.3. The van der Waals surface area contributed by atoms with Crippen LogP contribution < -0.4 is 14.8 Å². The Hall–Kier alpha value is -1.27. The van der Waals surface area contributed by atoms with Crippen molar-refractivity contribution in [2.75, 3.05) is 32.3 Å². The molecule has 0 amide bonds. The topological polar surface area (TPSA) is 64.6 Å². The highest BCUT2D eigenvalue weighted by Crippen LogP contribution is 2.27. The summed E-state index contributed by atoms with van der Waals surface area (Å²) in [6.07, 6.45) is 1.87. The second-order valence-corrected chi connectivity index (χ2v) is 6.84. The molecule has 1 N–H and O–H groups in total. The zero-order valence-electron chi connectivity index (χ0n) is 12.3. The summed E-state index contributed by atoms with van der Waals surface area (Å²) in [5.41, 5.74) is 1.08. The van der Waals surface area contributed by atoms with E-state index in [0.717, 1.165) is 11.3 Å². The summed E-state index contributed by atoms with van der Waals surface area (Å²) in [6.45, 7) is 3.86. The van der Waals surface area contributed by atoms with E-state index in [1.165, 1.54) is 6.26 Å². The average molecular weight is 301 g/mol. The number of methoxy groups -OCH3 is 1. The lowest BCUT2D eigenvalue weighted by molar-refractivity contribution is 0.310. The van der Waals surface area contributed by atoms with E-state index < -0.39 is 9.84 Å². The van der Waals surface area contributed by atoms with Gasteiger partial charge in [-0.1, -0.05) is 6.07 Å². The minimum absolute atomic E-state index is 0.215. The second-order valence-electron chi connectivity index (χ2n) is 4.58. The van der Waals surface area contributed by atoms with Gasteiger partial charge in [-0.3, -0.25) is 0 Å². The third kappa shape index (κ3) is 6.25. The molecule has 0 radical (unpaired) electrons. The molecule has 0 heterocycles. The van der Waals surface area contributed by atoms with Crippen LogP contribution in [0, 0.1) is 0 Å². The van der Waals surface area contributed by atoms with E-state index in [0.29, 0.717) is 31.9 Å². The van der Waals surface area contributed by atoms with Crippen molar-refractivity contribution in [3.8, 4) is 11.5 Å². The van der Waals surface area contributed by atoms with Gasteiger partial charge < -0.3 is 14.8 Å². The van der Waals surface area contributed by atoms with Crippen LogP contribution in [0.1, 0.15) is 18.9 Å². The van der Waals surface area contributed by atoms with Crippen LogP contribution in [0.3, 0.4) is 0 Å². The molecule has 0 aliphatic heterocycles. The molecule has 114 valence electrons. The highest BCUT2D eigenvalue weighted by Gasteiger charge is 2.05. The molecule has 0 saturated carbocycles. The Morgan fingerprint density at radius 2 is 2.00 bits per heavy atom. The van der Waals surface area contributed by atoms with E-state index in [9.17, 15) is 8.42 Å². The first-order valence-corrected chi connectivity index (χ1v) is 8.70. The third-order valence-corrected chi connectivity index (χ3v) is 3.76. The fourth-order valence-electron chi connectivity index (χ4n) is 1.79. The van der Waals surface area contributed by atoms with Crippen LogP contribution in [0.25, 0.3) is 0 Å². The van der Waals surface area contributed by atoms with Gasteiger partial charge in [0.2, 0.25) is 0 Å². The van der Waals surface area contributed by atoms with E-state index in [1.54, 1.807) is 7.11 Å². The molecule has 1 aromatic rings. The molecule has 0 aromatic heterocycles. The van der Waals surface area contributed by atoms with E-state index in [4.69, 9.17) is 9.47 Å². The third-order valence-electron chi connectivity index (χ3n) is 2.73. The maximum atomic E-state index is 11.0. The van der Waals surface area contributed by atoms with Crippen molar-refractivity contribution in [2.45, 2.75) is 19.9 Å². The number of sulfone groups is 1. The number of rotatable bonds is 9. The molecule has 6 heteroatoms. The summed E-state index contributed by atoms with van der Waals surface area (Å²) in [5, 5.41) is 3.22. The molecular weight excluding hydrogens is 278 g/mol. The van der Waals surface area contributed by atoms with Crippen molar-refractivity contribution in [1.29, 1.82) is 0 Å². The van der Waals surface area contributed by atoms with Crippen molar-refractivity contribution in [1.82, 2.24) is 5.32 Å². The minimum atomic E-state index is -2.87. The van der Waals surface area contributed by atoms with Crippen LogP contribution in [0.5, 0.6) is 11.5 Å². The zero-order chi connectivity index (χ0) is 15.0. The Labute approximate surface area is 121 Å². The Bertz CT molecular complexity index is 514. The molecule has 0 aliphatic carbocycles. The predicted octanol–water partition coefficient (Wildman–Crippen LogP) is 1.62. The number of nitrogens with one attached hydrogen (secondary N) is 1. The van der Waals surface area contributed by atoms with Gasteiger partial charge in [0.15, 0.2) is 11.5 Å². The van der Waals surface area contributed by atoms with Gasteiger partial charge in [-0.05, 0) is 37.6 Å². The predicted molar refractivity (Wildman–Crippen MR) is 80.2 cm³/mol. The quantitative estimate of drug-likeness (QED) is 0.702. The number of ether oxygens (including phenoxy) is 2. The summed E-state index contributed by atoms with van der Waals surface area (Å²) >= 11 is 0. The smallest absolute Gasteiger partial charge is 0.161 e. The van der Waals surface area contributed by atoms with E-state index in [2.05, 4.69) is 5.32 Å². The molecule has 0 aliphatic rings. The van der Waals surface area contributed by atoms with Crippen molar-refractivity contribution in [3.63, 3.8) is 0 Å². The largest absolute Gasteiger partial charge is 0.493 e. The highest BCUT2D eigenvalue weighted by atomic mass is 32.2. The lowest BCUT2D eigenvalue weighted by Gasteiger charge is -2.11. The molecule has 0 spiro atoms. The van der Waals surface area contributed by atoms with E-state index in [1.807, 2.05) is 25.1 Å². The van der Waals surface area contributed by atoms with Crippen LogP contribution in [-0.2, 0) is 16.4 Å². The number of hydrogen-bond donors (Lipinski definition) is 1. The molecular formula is C14H23NO4S. The Morgan fingerprint density at radius 1 is 1.25 bits per heavy atom. The highest BCUT2D eigenvalue weighted by molar-refractivity contribution is 7.90. The van der Waals surface area contributed by atoms with Crippen LogP contribution in [0.2, 0.25) is 0 Å². The van der Waals surface area contributed by atoms with Gasteiger partial charge in [0, 0.05) is 12.8 Å². The monoisotopic (exact) mass is 301 g/mol. The van der Waals surface area contributed by atoms with Gasteiger partial charge in [0.05, 0.1) is 19.5 Å². The van der Waals surface area contributed by atoms with Crippen LogP contribution in [-0.4, -0.2) is 40.7 Å². The maximum Gasteiger partial charge on any atom is 0.161 e. The SMILES string of the molecule is CCOc1cc(CNCCCS(C)(=O)=O)ccc1OC. The molecule has 0 unspecified atom stereocenters. The van der Waals surface area contributed by atoms with Crippen LogP contribution in [0.15, 0.2) is 18.2 Å². The molecule has 0 atom stereocenters. The number of hydrogen-bond acceptors (Lipinski definition) is 5. The van der Waals surface area contributed by atoms with Gasteiger partial charge in [-0.2, -0.15) is 0 Å². The summed E-state index contributed by atoms with van der Waals surface area (Å²) in [4.78, 5) is 0. The average Bonchev–Trinajstić information content (AvgIpc) is 2.38. The Kier molecular flexibility index (Phi) is 6.81. The number of benzene rings is 1. The van der Waals surface area contributed by atoms with Crippen LogP contribution in [0.4, 0.5) is 0 Å². The first-order valence-electron chi connectivity index (χ1n) is 6.64. The molecule has 1 rings (SSSR count). The van der Waals surface area contributed by atoms with Crippen molar-refractivity contribution >= 4 is 9.84 Å². The van der Waals surface area contributed by atoms with Gasteiger partial charge in [-0.15, -0.1) is 0 Å². The lowest BCUT2D eigenvalue weighted by atomic mass is 10.2. The summed E-state index contributed by atoms with van der Waals surface area (Å²) in [6, 6.07) is 5.77. The van der Waals surface area contributed by atoms with Gasteiger partial charge in [-0.25, -0.2) is 8.42 Å². The standard InChI is InChI=1S/C14H23NO4S/c1-4-19-14-10-12(6-7-13(14)18-2)11-15-8-5-9-20(3,16)17/h6-7,10,15H,4-5,8-9,11H2,1-3H3. The first kappa shape index (κ1) is 16.8. The fraction of sp³-hybridized carbons (Fsp3) is 0.571. The van der Waals surface area contributed by atoms with Crippen molar-refractivity contribution in [2.24, 2.45) is 0 Å². The molecule has 20 heavy (non-hydrogen) atoms. The van der Waals surface area contributed by atoms with Crippen LogP contribution >= 0.6 is 0 Å². The second kappa shape index (κ2) is 8.11. The summed E-state index contributed by atoms with van der Waals surface area (Å²) < 4.78 is 32.7. The van der Waals surface area contributed by atoms with Gasteiger partial charge in [0.1, 0.15) is 9.84 Å². The molecule has 0 fully saturated rings. The minimum Gasteiger partial charge on any atom is -0.493 e. The summed E-state index contributed by atoms with van der Waals surface area (Å²) in [5.74, 6) is 1.66. The maximum absolute atomic E-state index is 11.0. The first-order chi connectivity index (χ1) is 9.46. The molecule has 1 aromatic carbocycles. The van der Waals surface area contributed by atoms with Crippen molar-refractivity contribution < 1.29 is 17.9 Å². The Morgan fingerprint density at radius 3 is 2.60 bits per heavy atom. The molecule has 0 bridgehead atoms. The van der Waals surface area contributed by atoms with E-state index in [-0.39, 0.29) is 5.75 Å². The Balaban J connectivity index is 2.46. The van der Waals surface area contributed by atoms with Crippen molar-refractivity contribution in [3.05, 3.63) is 23.8 Å². The molecule has 5 nitrogen and oxygen atoms in total. The van der Waals surface area contributed by atoms with E-state index >= 15 is 0 Å². The van der Waals surface area contributed by atoms with Gasteiger partial charge >= 0.3 is 0 Å². The fourth-order valence-corrected chi connectivity index (χ4v) is 2.46. The lowest BCUT2D eigenvalue weighted by Crippen LogP contribution is -2.17. The zero-order valence-corrected chi connectivity index (χ0v) is 13.1. The van der Waals surface area contributed by atoms with Gasteiger partial charge in [0.25, 0.3) is 0 Å².